The molecule has 30 heavy (non-hydrogen) atoms. The quantitative estimate of drug-likeness (QED) is 0.179. The van der Waals surface area contributed by atoms with Crippen molar-refractivity contribution < 1.29 is 19.7 Å². The number of nitrogens with zero attached hydrogens (tertiary/aromatic N) is 1. The van der Waals surface area contributed by atoms with Crippen molar-refractivity contribution in [1.82, 2.24) is 4.90 Å². The summed E-state index contributed by atoms with van der Waals surface area (Å²) in [5.41, 5.74) is 3.49. The fraction of sp³-hybridized carbons (Fsp3) is 0.917. The van der Waals surface area contributed by atoms with E-state index in [-0.39, 0.29) is 6.61 Å². The van der Waals surface area contributed by atoms with Crippen LogP contribution in [0.3, 0.4) is 0 Å². The van der Waals surface area contributed by atoms with Gasteiger partial charge >= 0.3 is 0 Å². The molecular formula is C24H49NO4Si. The smallest absolute Gasteiger partial charge is 0.137 e. The number of hydrogen-bond donors (Lipinski definition) is 2. The van der Waals surface area contributed by atoms with Crippen molar-refractivity contribution in [2.75, 3.05) is 46.1 Å². The van der Waals surface area contributed by atoms with Crippen LogP contribution < -0.4 is 0 Å². The van der Waals surface area contributed by atoms with Gasteiger partial charge in [-0.05, 0) is 44.1 Å². The van der Waals surface area contributed by atoms with Crippen LogP contribution in [0.5, 0.6) is 0 Å². The Balaban J connectivity index is 3.94. The highest BCUT2D eigenvalue weighted by Crippen LogP contribution is 2.18. The van der Waals surface area contributed by atoms with Gasteiger partial charge in [0.2, 0.25) is 0 Å². The molecule has 0 saturated heterocycles. The van der Waals surface area contributed by atoms with Crippen LogP contribution in [-0.4, -0.2) is 81.5 Å². The van der Waals surface area contributed by atoms with E-state index in [4.69, 9.17) is 9.47 Å². The molecule has 0 unspecified atom stereocenters. The average molecular weight is 444 g/mol. The van der Waals surface area contributed by atoms with Gasteiger partial charge in [0.25, 0.3) is 0 Å². The predicted molar refractivity (Wildman–Crippen MR) is 129 cm³/mol. The van der Waals surface area contributed by atoms with Crippen LogP contribution in [0.1, 0.15) is 66.7 Å². The van der Waals surface area contributed by atoms with Crippen molar-refractivity contribution in [2.45, 2.75) is 97.1 Å². The zero-order valence-corrected chi connectivity index (χ0v) is 21.4. The molecule has 0 aromatic heterocycles. The monoisotopic (exact) mass is 443 g/mol. The Bertz CT molecular complexity index is 432. The van der Waals surface area contributed by atoms with Gasteiger partial charge in [-0.2, -0.15) is 0 Å². The van der Waals surface area contributed by atoms with E-state index in [1.54, 1.807) is 0 Å². The first-order chi connectivity index (χ1) is 14.5. The summed E-state index contributed by atoms with van der Waals surface area (Å²) in [4.78, 5) is 2.34. The fourth-order valence-electron chi connectivity index (χ4n) is 3.40. The molecule has 5 nitrogen and oxygen atoms in total. The standard InChI is InChI=1S/C24H49NO4Si/c1-6-11-15-25(16-12-7-2)20-24(27)22-29-18-17-28-21-23(26)14-13-19-30(8-3,9-4)10-5/h23-24,26-27H,6-12,14-18,20-22H2,1-5H3/t23-,24+/m1/s1. The maximum Gasteiger partial charge on any atom is 0.137 e. The molecule has 0 aromatic rings. The van der Waals surface area contributed by atoms with Crippen molar-refractivity contribution in [3.63, 3.8) is 0 Å². The number of aliphatic hydroxyl groups is 2. The number of aliphatic hydroxyl groups excluding tert-OH is 2. The number of rotatable bonds is 19. The van der Waals surface area contributed by atoms with Crippen molar-refractivity contribution in [1.29, 1.82) is 0 Å². The third-order valence-electron chi connectivity index (χ3n) is 5.84. The van der Waals surface area contributed by atoms with Gasteiger partial charge in [0, 0.05) is 13.0 Å². The number of hydrogen-bond acceptors (Lipinski definition) is 5. The Hall–Kier alpha value is -0.423. The second-order valence-electron chi connectivity index (χ2n) is 8.31. The van der Waals surface area contributed by atoms with E-state index >= 15 is 0 Å². The highest BCUT2D eigenvalue weighted by atomic mass is 28.3. The Morgan fingerprint density at radius 1 is 0.800 bits per heavy atom. The summed E-state index contributed by atoms with van der Waals surface area (Å²) in [5.74, 6) is 3.21. The molecule has 0 bridgehead atoms. The first kappa shape index (κ1) is 29.6. The Morgan fingerprint density at radius 2 is 1.30 bits per heavy atom. The lowest BCUT2D eigenvalue weighted by atomic mass is 10.2. The molecular weight excluding hydrogens is 394 g/mol. The molecule has 0 saturated carbocycles. The van der Waals surface area contributed by atoms with E-state index in [2.05, 4.69) is 51.0 Å². The van der Waals surface area contributed by atoms with E-state index in [1.165, 1.54) is 31.0 Å². The van der Waals surface area contributed by atoms with Crippen LogP contribution in [0.25, 0.3) is 0 Å². The normalized spacial score (nSPS) is 13.9. The average Bonchev–Trinajstić information content (AvgIpc) is 2.75. The molecule has 0 radical (unpaired) electrons. The van der Waals surface area contributed by atoms with Crippen LogP contribution in [0.15, 0.2) is 0 Å². The first-order valence-corrected chi connectivity index (χ1v) is 14.8. The van der Waals surface area contributed by atoms with Crippen LogP contribution in [0.4, 0.5) is 0 Å². The Labute approximate surface area is 187 Å². The van der Waals surface area contributed by atoms with E-state index in [0.29, 0.717) is 32.8 Å². The molecule has 0 amide bonds. The lowest BCUT2D eigenvalue weighted by Crippen LogP contribution is -2.36. The van der Waals surface area contributed by atoms with Gasteiger partial charge in [-0.25, -0.2) is 0 Å². The summed E-state index contributed by atoms with van der Waals surface area (Å²) in [6.07, 6.45) is 4.11. The molecule has 0 aliphatic carbocycles. The Morgan fingerprint density at radius 3 is 1.77 bits per heavy atom. The highest BCUT2D eigenvalue weighted by Gasteiger charge is 2.24. The lowest BCUT2D eigenvalue weighted by Gasteiger charge is -2.24. The molecule has 6 heteroatoms. The van der Waals surface area contributed by atoms with Gasteiger partial charge in [0.1, 0.15) is 8.07 Å². The molecule has 0 aliphatic rings. The van der Waals surface area contributed by atoms with Crippen molar-refractivity contribution >= 4 is 8.07 Å². The minimum atomic E-state index is -1.43. The summed E-state index contributed by atoms with van der Waals surface area (Å²) >= 11 is 0. The van der Waals surface area contributed by atoms with Crippen LogP contribution in [0, 0.1) is 11.5 Å². The molecule has 0 aliphatic heterocycles. The molecule has 0 rings (SSSR count). The topological polar surface area (TPSA) is 62.2 Å². The first-order valence-electron chi connectivity index (χ1n) is 12.2. The largest absolute Gasteiger partial charge is 0.390 e. The van der Waals surface area contributed by atoms with Gasteiger partial charge in [-0.3, -0.25) is 0 Å². The molecule has 178 valence electrons. The van der Waals surface area contributed by atoms with E-state index < -0.39 is 20.3 Å². The van der Waals surface area contributed by atoms with Crippen LogP contribution in [-0.2, 0) is 9.47 Å². The van der Waals surface area contributed by atoms with Gasteiger partial charge in [0.05, 0.1) is 38.6 Å². The van der Waals surface area contributed by atoms with Gasteiger partial charge in [0.15, 0.2) is 0 Å². The predicted octanol–water partition coefficient (Wildman–Crippen LogP) is 4.08. The minimum Gasteiger partial charge on any atom is -0.390 e. The van der Waals surface area contributed by atoms with Crippen molar-refractivity contribution in [3.05, 3.63) is 0 Å². The lowest BCUT2D eigenvalue weighted by molar-refractivity contribution is -0.0225. The van der Waals surface area contributed by atoms with Crippen LogP contribution in [0.2, 0.25) is 18.1 Å². The zero-order chi connectivity index (χ0) is 22.7. The molecule has 2 N–H and O–H groups in total. The summed E-state index contributed by atoms with van der Waals surface area (Å²) < 4.78 is 11.1. The van der Waals surface area contributed by atoms with Crippen molar-refractivity contribution in [2.24, 2.45) is 0 Å². The molecule has 0 aromatic carbocycles. The SMILES string of the molecule is CCCCN(CCCC)C[C@H](O)COCCOC[C@H](O)CC#C[Si](CC)(CC)CC. The van der Waals surface area contributed by atoms with Gasteiger partial charge in [-0.1, -0.05) is 47.5 Å². The second-order valence-corrected chi connectivity index (χ2v) is 13.2. The number of ether oxygens (including phenoxy) is 2. The van der Waals surface area contributed by atoms with Crippen LogP contribution >= 0.6 is 0 Å². The summed E-state index contributed by atoms with van der Waals surface area (Å²) in [5, 5.41) is 20.3. The van der Waals surface area contributed by atoms with Gasteiger partial charge < -0.3 is 24.6 Å². The summed E-state index contributed by atoms with van der Waals surface area (Å²) in [6, 6.07) is 3.53. The second kappa shape index (κ2) is 19.3. The van der Waals surface area contributed by atoms with E-state index in [9.17, 15) is 10.2 Å². The van der Waals surface area contributed by atoms with Crippen molar-refractivity contribution in [3.8, 4) is 11.5 Å². The summed E-state index contributed by atoms with van der Waals surface area (Å²) in [7, 11) is -1.43. The van der Waals surface area contributed by atoms with E-state index in [1.807, 2.05) is 0 Å². The third-order valence-corrected chi connectivity index (χ3v) is 10.6. The minimum absolute atomic E-state index is 0.279. The molecule has 2 atom stereocenters. The Kier molecular flexibility index (Phi) is 19.0. The fourth-order valence-corrected chi connectivity index (χ4v) is 5.90. The van der Waals surface area contributed by atoms with E-state index in [0.717, 1.165) is 25.9 Å². The number of unbranched alkanes of at least 4 members (excludes halogenated alkanes) is 2. The summed E-state index contributed by atoms with van der Waals surface area (Å²) in [6.45, 7) is 15.3. The third kappa shape index (κ3) is 14.6. The molecule has 0 spiro atoms. The zero-order valence-electron chi connectivity index (χ0n) is 20.4. The molecule has 0 heterocycles. The highest BCUT2D eigenvalue weighted by molar-refractivity contribution is 6.87. The molecule has 0 fully saturated rings. The maximum atomic E-state index is 10.2. The van der Waals surface area contributed by atoms with Gasteiger partial charge in [-0.15, -0.1) is 11.5 Å². The maximum absolute atomic E-state index is 10.2.